The summed E-state index contributed by atoms with van der Waals surface area (Å²) >= 11 is 0. The Kier molecular flexibility index (Phi) is 4.33. The van der Waals surface area contributed by atoms with Gasteiger partial charge in [0.05, 0.1) is 10.6 Å². The highest BCUT2D eigenvalue weighted by Crippen LogP contribution is 2.44. The van der Waals surface area contributed by atoms with Crippen LogP contribution < -0.4 is 4.31 Å². The second-order valence-electron chi connectivity index (χ2n) is 6.14. The van der Waals surface area contributed by atoms with Crippen LogP contribution >= 0.6 is 0 Å². The fourth-order valence-electron chi connectivity index (χ4n) is 3.40. The predicted octanol–water partition coefficient (Wildman–Crippen LogP) is 3.28. The van der Waals surface area contributed by atoms with Crippen LogP contribution in [0.1, 0.15) is 29.8 Å². The maximum absolute atomic E-state index is 12.8. The van der Waals surface area contributed by atoms with Crippen LogP contribution in [0.4, 0.5) is 5.69 Å². The van der Waals surface area contributed by atoms with Crippen molar-refractivity contribution in [3.63, 3.8) is 0 Å². The first-order valence-corrected chi connectivity index (χ1v) is 9.79. The second-order valence-corrected chi connectivity index (χ2v) is 8.07. The monoisotopic (exact) mass is 358 g/mol. The number of anilines is 1. The van der Waals surface area contributed by atoms with Crippen molar-refractivity contribution in [2.75, 3.05) is 24.4 Å². The van der Waals surface area contributed by atoms with Crippen LogP contribution in [-0.2, 0) is 10.0 Å². The van der Waals surface area contributed by atoms with Crippen LogP contribution in [0.3, 0.4) is 0 Å². The first-order valence-electron chi connectivity index (χ1n) is 8.35. The number of rotatable bonds is 3. The molecule has 6 heteroatoms. The zero-order valence-electron chi connectivity index (χ0n) is 14.9. The van der Waals surface area contributed by atoms with Gasteiger partial charge in [-0.2, -0.15) is 0 Å². The molecule has 0 saturated heterocycles. The lowest BCUT2D eigenvalue weighted by molar-refractivity contribution is 0.0773. The van der Waals surface area contributed by atoms with E-state index in [1.165, 1.54) is 4.31 Å². The fraction of sp³-hybridized carbons (Fsp3) is 0.316. The summed E-state index contributed by atoms with van der Waals surface area (Å²) < 4.78 is 26.9. The SMILES string of the molecule is CCN(CC)C(=O)c1cc(C)c2c(c1)-c1ccccc1S(=O)(=O)N2C. The highest BCUT2D eigenvalue weighted by molar-refractivity contribution is 7.93. The lowest BCUT2D eigenvalue weighted by atomic mass is 9.96. The van der Waals surface area contributed by atoms with Gasteiger partial charge in [0.2, 0.25) is 0 Å². The molecule has 1 aliphatic heterocycles. The van der Waals surface area contributed by atoms with Crippen molar-refractivity contribution < 1.29 is 13.2 Å². The average Bonchev–Trinajstić information content (AvgIpc) is 2.60. The molecule has 25 heavy (non-hydrogen) atoms. The van der Waals surface area contributed by atoms with E-state index in [0.29, 0.717) is 29.9 Å². The molecule has 132 valence electrons. The average molecular weight is 358 g/mol. The first kappa shape index (κ1) is 17.5. The second kappa shape index (κ2) is 6.19. The van der Waals surface area contributed by atoms with Crippen LogP contribution in [0.15, 0.2) is 41.3 Å². The summed E-state index contributed by atoms with van der Waals surface area (Å²) in [5, 5.41) is 0. The summed E-state index contributed by atoms with van der Waals surface area (Å²) in [4.78, 5) is 14.8. The molecule has 0 unspecified atom stereocenters. The quantitative estimate of drug-likeness (QED) is 0.846. The molecule has 0 aromatic heterocycles. The van der Waals surface area contributed by atoms with Crippen LogP contribution in [0.5, 0.6) is 0 Å². The number of benzene rings is 2. The Morgan fingerprint density at radius 3 is 2.36 bits per heavy atom. The summed E-state index contributed by atoms with van der Waals surface area (Å²) in [6.45, 7) is 7.01. The number of hydrogen-bond donors (Lipinski definition) is 0. The largest absolute Gasteiger partial charge is 0.339 e. The Hall–Kier alpha value is -2.34. The summed E-state index contributed by atoms with van der Waals surface area (Å²) in [5.41, 5.74) is 3.42. The molecular weight excluding hydrogens is 336 g/mol. The minimum atomic E-state index is -3.58. The van der Waals surface area contributed by atoms with Crippen molar-refractivity contribution in [3.05, 3.63) is 47.5 Å². The van der Waals surface area contributed by atoms with E-state index in [4.69, 9.17) is 0 Å². The van der Waals surface area contributed by atoms with E-state index < -0.39 is 10.0 Å². The van der Waals surface area contributed by atoms with Crippen LogP contribution in [-0.4, -0.2) is 39.4 Å². The van der Waals surface area contributed by atoms with Crippen LogP contribution in [0.2, 0.25) is 0 Å². The van der Waals surface area contributed by atoms with E-state index in [-0.39, 0.29) is 10.8 Å². The molecule has 0 saturated carbocycles. The van der Waals surface area contributed by atoms with Crippen LogP contribution in [0, 0.1) is 6.92 Å². The molecule has 0 radical (unpaired) electrons. The maximum atomic E-state index is 12.8. The van der Waals surface area contributed by atoms with Gasteiger partial charge in [0.25, 0.3) is 15.9 Å². The van der Waals surface area contributed by atoms with E-state index >= 15 is 0 Å². The fourth-order valence-corrected chi connectivity index (χ4v) is 4.89. The Labute approximate surface area is 148 Å². The van der Waals surface area contributed by atoms with Gasteiger partial charge in [0.1, 0.15) is 0 Å². The predicted molar refractivity (Wildman–Crippen MR) is 99.5 cm³/mol. The Morgan fingerprint density at radius 1 is 1.08 bits per heavy atom. The molecule has 1 amide bonds. The van der Waals surface area contributed by atoms with Crippen molar-refractivity contribution in [3.8, 4) is 11.1 Å². The number of carbonyl (C=O) groups excluding carboxylic acids is 1. The van der Waals surface area contributed by atoms with Gasteiger partial charge in [0.15, 0.2) is 0 Å². The molecule has 0 atom stereocenters. The Balaban J connectivity index is 2.27. The van der Waals surface area contributed by atoms with Crippen LogP contribution in [0.25, 0.3) is 11.1 Å². The zero-order valence-corrected chi connectivity index (χ0v) is 15.7. The van der Waals surface area contributed by atoms with Crippen molar-refractivity contribution in [1.82, 2.24) is 4.90 Å². The summed E-state index contributed by atoms with van der Waals surface area (Å²) in [5.74, 6) is -0.0375. The standard InChI is InChI=1S/C19H22N2O3S/c1-5-21(6-2)19(22)14-11-13(3)18-16(12-14)15-9-7-8-10-17(15)25(23,24)20(18)4/h7-12H,5-6H2,1-4H3. The normalized spacial score (nSPS) is 14.6. The van der Waals surface area contributed by atoms with Crippen molar-refractivity contribution >= 4 is 21.6 Å². The number of amides is 1. The molecule has 0 fully saturated rings. The number of sulfonamides is 1. The molecular formula is C19H22N2O3S. The van der Waals surface area contributed by atoms with Gasteiger partial charge in [-0.25, -0.2) is 8.42 Å². The van der Waals surface area contributed by atoms with Crippen molar-refractivity contribution in [2.24, 2.45) is 0 Å². The lowest BCUT2D eigenvalue weighted by Gasteiger charge is -2.31. The van der Waals surface area contributed by atoms with Gasteiger partial charge < -0.3 is 4.90 Å². The molecule has 2 aromatic carbocycles. The van der Waals surface area contributed by atoms with Gasteiger partial charge in [0, 0.05) is 36.8 Å². The third-order valence-corrected chi connectivity index (χ3v) is 6.54. The molecule has 0 N–H and O–H groups in total. The zero-order chi connectivity index (χ0) is 18.4. The molecule has 1 aliphatic rings. The first-order chi connectivity index (χ1) is 11.8. The van der Waals surface area contributed by atoms with E-state index in [2.05, 4.69) is 0 Å². The van der Waals surface area contributed by atoms with Gasteiger partial charge in [-0.3, -0.25) is 9.10 Å². The summed E-state index contributed by atoms with van der Waals surface area (Å²) in [6.07, 6.45) is 0. The number of carbonyl (C=O) groups is 1. The topological polar surface area (TPSA) is 57.7 Å². The van der Waals surface area contributed by atoms with E-state index in [1.807, 2.05) is 32.9 Å². The summed E-state index contributed by atoms with van der Waals surface area (Å²) in [7, 11) is -2.02. The Morgan fingerprint density at radius 2 is 1.72 bits per heavy atom. The molecule has 1 heterocycles. The van der Waals surface area contributed by atoms with Gasteiger partial charge >= 0.3 is 0 Å². The molecule has 5 nitrogen and oxygen atoms in total. The minimum Gasteiger partial charge on any atom is -0.339 e. The highest BCUT2D eigenvalue weighted by Gasteiger charge is 2.34. The number of fused-ring (bicyclic) bond motifs is 3. The number of nitrogens with zero attached hydrogens (tertiary/aromatic N) is 2. The Bertz CT molecular complexity index is 947. The third-order valence-electron chi connectivity index (χ3n) is 4.73. The van der Waals surface area contributed by atoms with E-state index in [9.17, 15) is 13.2 Å². The van der Waals surface area contributed by atoms with Gasteiger partial charge in [-0.1, -0.05) is 18.2 Å². The highest BCUT2D eigenvalue weighted by atomic mass is 32.2. The smallest absolute Gasteiger partial charge is 0.264 e. The number of aryl methyl sites for hydroxylation is 1. The van der Waals surface area contributed by atoms with Gasteiger partial charge in [-0.15, -0.1) is 0 Å². The maximum Gasteiger partial charge on any atom is 0.264 e. The number of hydrogen-bond acceptors (Lipinski definition) is 3. The summed E-state index contributed by atoms with van der Waals surface area (Å²) in [6, 6.07) is 10.5. The third kappa shape index (κ3) is 2.61. The van der Waals surface area contributed by atoms with E-state index in [1.54, 1.807) is 36.2 Å². The van der Waals surface area contributed by atoms with Crippen molar-refractivity contribution in [1.29, 1.82) is 0 Å². The molecule has 3 rings (SSSR count). The minimum absolute atomic E-state index is 0.0375. The molecule has 0 aliphatic carbocycles. The lowest BCUT2D eigenvalue weighted by Crippen LogP contribution is -2.33. The molecule has 0 spiro atoms. The van der Waals surface area contributed by atoms with Gasteiger partial charge in [-0.05, 0) is 44.5 Å². The van der Waals surface area contributed by atoms with Crippen molar-refractivity contribution in [2.45, 2.75) is 25.7 Å². The molecule has 0 bridgehead atoms. The molecule has 2 aromatic rings. The van der Waals surface area contributed by atoms with E-state index in [0.717, 1.165) is 11.1 Å².